The first-order valence-electron chi connectivity index (χ1n) is 9.67. The zero-order chi connectivity index (χ0) is 22.0. The lowest BCUT2D eigenvalue weighted by Crippen LogP contribution is -2.34. The van der Waals surface area contributed by atoms with Crippen LogP contribution in [0.25, 0.3) is 11.1 Å². The molecule has 2 N–H and O–H groups in total. The van der Waals surface area contributed by atoms with Gasteiger partial charge in [-0.1, -0.05) is 54.6 Å². The van der Waals surface area contributed by atoms with Gasteiger partial charge in [-0.15, -0.1) is 0 Å². The van der Waals surface area contributed by atoms with E-state index in [0.29, 0.717) is 0 Å². The van der Waals surface area contributed by atoms with Crippen molar-refractivity contribution in [3.63, 3.8) is 0 Å². The predicted octanol–water partition coefficient (Wildman–Crippen LogP) is 4.50. The van der Waals surface area contributed by atoms with E-state index < -0.39 is 23.9 Å². The number of carboxylic acid groups (broad SMARTS) is 1. The highest BCUT2D eigenvalue weighted by molar-refractivity contribution is 5.82. The molecular weight excluding hydrogens is 401 g/mol. The summed E-state index contributed by atoms with van der Waals surface area (Å²) in [6.07, 6.45) is -0.898. The van der Waals surface area contributed by atoms with E-state index in [1.165, 1.54) is 19.2 Å². The Labute approximate surface area is 178 Å². The van der Waals surface area contributed by atoms with Crippen LogP contribution in [0.5, 0.6) is 5.75 Å². The number of benzene rings is 3. The number of ether oxygens (including phenoxy) is 2. The van der Waals surface area contributed by atoms with Crippen molar-refractivity contribution in [1.29, 1.82) is 0 Å². The molecule has 0 fully saturated rings. The van der Waals surface area contributed by atoms with Gasteiger partial charge in [-0.05, 0) is 39.9 Å². The minimum atomic E-state index is -1.46. The molecule has 31 heavy (non-hydrogen) atoms. The number of alkyl carbamates (subject to hydrolysis) is 1. The van der Waals surface area contributed by atoms with Gasteiger partial charge in [0.2, 0.25) is 0 Å². The average molecular weight is 421 g/mol. The van der Waals surface area contributed by atoms with Crippen LogP contribution in [0.15, 0.2) is 66.7 Å². The third-order valence-electron chi connectivity index (χ3n) is 5.36. The van der Waals surface area contributed by atoms with E-state index in [1.807, 2.05) is 48.5 Å². The number of amides is 1. The lowest BCUT2D eigenvalue weighted by molar-refractivity contribution is -0.139. The molecule has 0 saturated carbocycles. The van der Waals surface area contributed by atoms with Crippen LogP contribution in [0, 0.1) is 5.82 Å². The molecule has 0 aliphatic heterocycles. The maximum atomic E-state index is 14.0. The number of hydrogen-bond acceptors (Lipinski definition) is 4. The van der Waals surface area contributed by atoms with Crippen LogP contribution in [-0.4, -0.2) is 30.9 Å². The molecule has 0 heterocycles. The number of hydrogen-bond donors (Lipinski definition) is 2. The molecule has 1 unspecified atom stereocenters. The summed E-state index contributed by atoms with van der Waals surface area (Å²) in [5.41, 5.74) is 4.33. The number of carbonyl (C=O) groups excluding carboxylic acids is 1. The molecule has 0 aromatic heterocycles. The zero-order valence-corrected chi connectivity index (χ0v) is 16.7. The van der Waals surface area contributed by atoms with Gasteiger partial charge in [-0.2, -0.15) is 0 Å². The normalized spacial score (nSPS) is 13.1. The largest absolute Gasteiger partial charge is 0.494 e. The van der Waals surface area contributed by atoms with Crippen molar-refractivity contribution in [1.82, 2.24) is 5.32 Å². The fourth-order valence-electron chi connectivity index (χ4n) is 3.91. The van der Waals surface area contributed by atoms with Crippen molar-refractivity contribution >= 4 is 12.1 Å². The van der Waals surface area contributed by atoms with Crippen LogP contribution < -0.4 is 10.1 Å². The molecule has 158 valence electrons. The van der Waals surface area contributed by atoms with Crippen molar-refractivity contribution in [2.75, 3.05) is 13.7 Å². The van der Waals surface area contributed by atoms with Crippen LogP contribution in [-0.2, 0) is 9.53 Å². The summed E-state index contributed by atoms with van der Waals surface area (Å²) in [5, 5.41) is 11.8. The van der Waals surface area contributed by atoms with Gasteiger partial charge in [0, 0.05) is 5.92 Å². The molecule has 1 amide bonds. The van der Waals surface area contributed by atoms with Crippen molar-refractivity contribution in [3.05, 3.63) is 89.2 Å². The number of halogens is 1. The summed E-state index contributed by atoms with van der Waals surface area (Å²) in [4.78, 5) is 24.1. The maximum Gasteiger partial charge on any atom is 0.408 e. The molecule has 0 radical (unpaired) electrons. The van der Waals surface area contributed by atoms with E-state index in [0.717, 1.165) is 28.3 Å². The number of aliphatic carboxylic acids is 1. The molecule has 0 bridgehead atoms. The number of fused-ring (bicyclic) bond motifs is 3. The van der Waals surface area contributed by atoms with Crippen LogP contribution in [0.1, 0.15) is 28.7 Å². The molecule has 1 aliphatic carbocycles. The Morgan fingerprint density at radius 1 is 1.03 bits per heavy atom. The van der Waals surface area contributed by atoms with Gasteiger partial charge in [0.1, 0.15) is 6.61 Å². The third-order valence-corrected chi connectivity index (χ3v) is 5.36. The lowest BCUT2D eigenvalue weighted by Gasteiger charge is -2.18. The Hall–Kier alpha value is -3.87. The summed E-state index contributed by atoms with van der Waals surface area (Å²) >= 11 is 0. The first-order valence-corrected chi connectivity index (χ1v) is 9.67. The van der Waals surface area contributed by atoms with Gasteiger partial charge in [0.25, 0.3) is 0 Å². The Kier molecular flexibility index (Phi) is 5.58. The third kappa shape index (κ3) is 3.94. The zero-order valence-electron chi connectivity index (χ0n) is 16.7. The number of carbonyl (C=O) groups is 2. The summed E-state index contributed by atoms with van der Waals surface area (Å²) < 4.78 is 24.2. The van der Waals surface area contributed by atoms with Gasteiger partial charge in [-0.25, -0.2) is 14.0 Å². The van der Waals surface area contributed by atoms with Crippen LogP contribution in [0.2, 0.25) is 0 Å². The van der Waals surface area contributed by atoms with Gasteiger partial charge < -0.3 is 19.9 Å². The van der Waals surface area contributed by atoms with Crippen molar-refractivity contribution in [3.8, 4) is 16.9 Å². The highest BCUT2D eigenvalue weighted by atomic mass is 19.1. The van der Waals surface area contributed by atoms with Gasteiger partial charge in [0.15, 0.2) is 17.6 Å². The molecule has 3 aromatic rings. The summed E-state index contributed by atoms with van der Waals surface area (Å²) in [6, 6.07) is 18.0. The second-order valence-electron chi connectivity index (χ2n) is 7.14. The molecule has 4 rings (SSSR count). The summed E-state index contributed by atoms with van der Waals surface area (Å²) in [6.45, 7) is 0.0448. The van der Waals surface area contributed by atoms with Gasteiger partial charge >= 0.3 is 12.1 Å². The van der Waals surface area contributed by atoms with Crippen molar-refractivity contribution in [2.45, 2.75) is 12.0 Å². The maximum absolute atomic E-state index is 14.0. The molecule has 7 heteroatoms. The minimum Gasteiger partial charge on any atom is -0.494 e. The van der Waals surface area contributed by atoms with Crippen LogP contribution in [0.3, 0.4) is 0 Å². The molecule has 1 atom stereocenters. The van der Waals surface area contributed by atoms with Crippen molar-refractivity contribution in [2.24, 2.45) is 0 Å². The molecule has 0 saturated heterocycles. The first-order chi connectivity index (χ1) is 15.0. The second-order valence-corrected chi connectivity index (χ2v) is 7.14. The van der Waals surface area contributed by atoms with E-state index in [9.17, 15) is 19.1 Å². The van der Waals surface area contributed by atoms with E-state index in [1.54, 1.807) is 0 Å². The standard InChI is InChI=1S/C24H20FNO5/c1-30-21-11-10-14(12-20(21)25)22(23(27)28)26-24(29)31-13-19-17-8-4-2-6-15(17)16-7-3-5-9-18(16)19/h2-12,19,22H,13H2,1H3,(H,26,29)(H,27,28). The topological polar surface area (TPSA) is 84.9 Å². The van der Waals surface area contributed by atoms with Crippen LogP contribution >= 0.6 is 0 Å². The SMILES string of the molecule is COc1ccc(C(NC(=O)OCC2c3ccccc3-c3ccccc32)C(=O)O)cc1F. The molecule has 0 spiro atoms. The van der Waals surface area contributed by atoms with Crippen LogP contribution in [0.4, 0.5) is 9.18 Å². The Morgan fingerprint density at radius 3 is 2.19 bits per heavy atom. The fraction of sp³-hybridized carbons (Fsp3) is 0.167. The first kappa shape index (κ1) is 20.4. The van der Waals surface area contributed by atoms with Gasteiger partial charge in [-0.3, -0.25) is 0 Å². The van der Waals surface area contributed by atoms with Gasteiger partial charge in [0.05, 0.1) is 7.11 Å². The Balaban J connectivity index is 1.48. The summed E-state index contributed by atoms with van der Waals surface area (Å²) in [5.74, 6) is -2.23. The summed E-state index contributed by atoms with van der Waals surface area (Å²) in [7, 11) is 1.31. The van der Waals surface area contributed by atoms with E-state index in [2.05, 4.69) is 5.32 Å². The molecule has 3 aromatic carbocycles. The van der Waals surface area contributed by atoms with E-state index in [-0.39, 0.29) is 23.8 Å². The highest BCUT2D eigenvalue weighted by Gasteiger charge is 2.30. The second kappa shape index (κ2) is 8.47. The number of carboxylic acids is 1. The fourth-order valence-corrected chi connectivity index (χ4v) is 3.91. The minimum absolute atomic E-state index is 0.0194. The van der Waals surface area contributed by atoms with Crippen molar-refractivity contribution < 1.29 is 28.6 Å². The monoisotopic (exact) mass is 421 g/mol. The predicted molar refractivity (Wildman–Crippen MR) is 112 cm³/mol. The van der Waals surface area contributed by atoms with E-state index >= 15 is 0 Å². The number of rotatable bonds is 6. The average Bonchev–Trinajstić information content (AvgIpc) is 3.09. The molecule has 6 nitrogen and oxygen atoms in total. The highest BCUT2D eigenvalue weighted by Crippen LogP contribution is 2.44. The lowest BCUT2D eigenvalue weighted by atomic mass is 9.98. The molecule has 1 aliphatic rings. The number of methoxy groups -OCH3 is 1. The smallest absolute Gasteiger partial charge is 0.408 e. The number of nitrogens with one attached hydrogen (secondary N) is 1. The Morgan fingerprint density at radius 2 is 1.65 bits per heavy atom. The quantitative estimate of drug-likeness (QED) is 0.612. The van der Waals surface area contributed by atoms with E-state index in [4.69, 9.17) is 9.47 Å². The Bertz CT molecular complexity index is 1100. The molecular formula is C24H20FNO5.